The average Bonchev–Trinajstić information content (AvgIpc) is 3.47. The zero-order valence-corrected chi connectivity index (χ0v) is 20.5. The number of ether oxygens (including phenoxy) is 1. The number of halogens is 1. The normalized spacial score (nSPS) is 20.4. The van der Waals surface area contributed by atoms with Gasteiger partial charge in [-0.05, 0) is 55.2 Å². The molecule has 2 N–H and O–H groups in total. The molecule has 1 saturated carbocycles. The highest BCUT2D eigenvalue weighted by Gasteiger charge is 2.47. The van der Waals surface area contributed by atoms with Crippen LogP contribution in [0.15, 0.2) is 18.2 Å². The van der Waals surface area contributed by atoms with Crippen LogP contribution in [-0.4, -0.2) is 32.6 Å². The molecule has 1 heterocycles. The summed E-state index contributed by atoms with van der Waals surface area (Å²) in [7, 11) is -3.52. The van der Waals surface area contributed by atoms with E-state index in [0.717, 1.165) is 6.42 Å². The number of carbonyl (C=O) groups is 2. The standard InChI is InChI=1S/C24H35FN2O5S/c1-23(2,3)16-32-20-15-18(9-10-19(20)25)24(12-13-24)27-33(30,31)14-6-4-5-7-17-8-11-21(28)26-22(17)29/h9-10,15,17,27H,4-8,11-14,16H2,1-3H3,(H,26,28,29). The Hall–Kier alpha value is -2.00. The van der Waals surface area contributed by atoms with Gasteiger partial charge in [0, 0.05) is 12.3 Å². The first-order chi connectivity index (χ1) is 15.4. The number of imide groups is 1. The van der Waals surface area contributed by atoms with Gasteiger partial charge in [-0.15, -0.1) is 0 Å². The number of hydrogen-bond donors (Lipinski definition) is 2. The number of carbonyl (C=O) groups excluding carboxylic acids is 2. The first-order valence-electron chi connectivity index (χ1n) is 11.7. The van der Waals surface area contributed by atoms with Crippen molar-refractivity contribution in [2.75, 3.05) is 12.4 Å². The molecule has 2 amide bonds. The lowest BCUT2D eigenvalue weighted by atomic mass is 9.92. The third-order valence-corrected chi connectivity index (χ3v) is 7.59. The summed E-state index contributed by atoms with van der Waals surface area (Å²) in [5.41, 5.74) is -0.104. The molecule has 3 rings (SSSR count). The van der Waals surface area contributed by atoms with E-state index in [1.807, 2.05) is 20.8 Å². The van der Waals surface area contributed by atoms with Crippen molar-refractivity contribution in [3.05, 3.63) is 29.6 Å². The number of sulfonamides is 1. The highest BCUT2D eigenvalue weighted by Crippen LogP contribution is 2.47. The molecule has 1 aliphatic carbocycles. The Morgan fingerprint density at radius 3 is 2.55 bits per heavy atom. The summed E-state index contributed by atoms with van der Waals surface area (Å²) in [6.45, 7) is 6.34. The topological polar surface area (TPSA) is 102 Å². The molecule has 1 aliphatic heterocycles. The Kier molecular flexibility index (Phi) is 7.84. The molecule has 0 radical (unpaired) electrons. The van der Waals surface area contributed by atoms with Gasteiger partial charge in [0.2, 0.25) is 21.8 Å². The summed E-state index contributed by atoms with van der Waals surface area (Å²) in [4.78, 5) is 23.0. The van der Waals surface area contributed by atoms with Crippen LogP contribution in [0.2, 0.25) is 0 Å². The van der Waals surface area contributed by atoms with Crippen molar-refractivity contribution < 1.29 is 27.1 Å². The van der Waals surface area contributed by atoms with Crippen molar-refractivity contribution >= 4 is 21.8 Å². The van der Waals surface area contributed by atoms with Crippen LogP contribution in [0.5, 0.6) is 5.75 Å². The minimum absolute atomic E-state index is 0.00131. The molecule has 9 heteroatoms. The highest BCUT2D eigenvalue weighted by molar-refractivity contribution is 7.89. The summed E-state index contributed by atoms with van der Waals surface area (Å²) in [5.74, 6) is -0.934. The average molecular weight is 483 g/mol. The number of benzene rings is 1. The highest BCUT2D eigenvalue weighted by atomic mass is 32.2. The van der Waals surface area contributed by atoms with Gasteiger partial charge in [-0.25, -0.2) is 17.5 Å². The van der Waals surface area contributed by atoms with E-state index < -0.39 is 21.4 Å². The molecule has 184 valence electrons. The van der Waals surface area contributed by atoms with Crippen LogP contribution in [0.4, 0.5) is 4.39 Å². The predicted octanol–water partition coefficient (Wildman–Crippen LogP) is 3.77. The zero-order valence-electron chi connectivity index (χ0n) is 19.7. The summed E-state index contributed by atoms with van der Waals surface area (Å²) >= 11 is 0. The van der Waals surface area contributed by atoms with Crippen LogP contribution in [0, 0.1) is 17.2 Å². The number of amides is 2. The minimum Gasteiger partial charge on any atom is -0.490 e. The molecule has 0 bridgehead atoms. The van der Waals surface area contributed by atoms with Gasteiger partial charge in [-0.2, -0.15) is 0 Å². The first kappa shape index (κ1) is 25.6. The van der Waals surface area contributed by atoms with Gasteiger partial charge in [0.1, 0.15) is 0 Å². The smallest absolute Gasteiger partial charge is 0.229 e. The van der Waals surface area contributed by atoms with Crippen LogP contribution < -0.4 is 14.8 Å². The number of nitrogens with one attached hydrogen (secondary N) is 2. The molecule has 1 atom stereocenters. The predicted molar refractivity (Wildman–Crippen MR) is 124 cm³/mol. The summed E-state index contributed by atoms with van der Waals surface area (Å²) < 4.78 is 48.1. The van der Waals surface area contributed by atoms with Gasteiger partial charge in [0.05, 0.1) is 17.9 Å². The van der Waals surface area contributed by atoms with Crippen molar-refractivity contribution in [3.63, 3.8) is 0 Å². The van der Waals surface area contributed by atoms with E-state index in [-0.39, 0.29) is 34.6 Å². The van der Waals surface area contributed by atoms with E-state index in [0.29, 0.717) is 57.1 Å². The van der Waals surface area contributed by atoms with Crippen LogP contribution in [0.25, 0.3) is 0 Å². The fourth-order valence-corrected chi connectivity index (χ4v) is 5.61. The number of unbranched alkanes of at least 4 members (excludes halogenated alkanes) is 2. The molecule has 1 unspecified atom stereocenters. The SMILES string of the molecule is CC(C)(C)COc1cc(C2(NS(=O)(=O)CCCCCC3CCC(=O)NC3=O)CC2)ccc1F. The van der Waals surface area contributed by atoms with E-state index in [9.17, 15) is 22.4 Å². The van der Waals surface area contributed by atoms with Gasteiger partial charge in [-0.3, -0.25) is 14.9 Å². The first-order valence-corrected chi connectivity index (χ1v) is 13.3. The fraction of sp³-hybridized carbons (Fsp3) is 0.667. The monoisotopic (exact) mass is 482 g/mol. The summed E-state index contributed by atoms with van der Waals surface area (Å²) in [5, 5.41) is 2.35. The quantitative estimate of drug-likeness (QED) is 0.369. The lowest BCUT2D eigenvalue weighted by Gasteiger charge is -2.22. The Labute approximate surface area is 195 Å². The lowest BCUT2D eigenvalue weighted by molar-refractivity contribution is -0.136. The van der Waals surface area contributed by atoms with Crippen molar-refractivity contribution in [2.24, 2.45) is 11.3 Å². The molecular formula is C24H35FN2O5S. The third-order valence-electron chi connectivity index (χ3n) is 6.06. The zero-order chi connectivity index (χ0) is 24.3. The molecule has 0 spiro atoms. The molecule has 7 nitrogen and oxygen atoms in total. The van der Waals surface area contributed by atoms with Crippen molar-refractivity contribution in [1.29, 1.82) is 0 Å². The Bertz CT molecular complexity index is 983. The van der Waals surface area contributed by atoms with Gasteiger partial charge in [0.15, 0.2) is 11.6 Å². The molecular weight excluding hydrogens is 447 g/mol. The van der Waals surface area contributed by atoms with Crippen molar-refractivity contribution in [3.8, 4) is 5.75 Å². The Morgan fingerprint density at radius 2 is 1.91 bits per heavy atom. The Morgan fingerprint density at radius 1 is 1.18 bits per heavy atom. The van der Waals surface area contributed by atoms with Gasteiger partial charge in [0.25, 0.3) is 0 Å². The molecule has 33 heavy (non-hydrogen) atoms. The van der Waals surface area contributed by atoms with Crippen LogP contribution in [0.1, 0.15) is 77.7 Å². The van der Waals surface area contributed by atoms with E-state index >= 15 is 0 Å². The largest absolute Gasteiger partial charge is 0.490 e. The maximum absolute atomic E-state index is 14.2. The van der Waals surface area contributed by atoms with E-state index in [1.54, 1.807) is 12.1 Å². The second kappa shape index (κ2) is 10.1. The van der Waals surface area contributed by atoms with Gasteiger partial charge in [-0.1, -0.05) is 39.7 Å². The molecule has 2 fully saturated rings. The van der Waals surface area contributed by atoms with E-state index in [2.05, 4.69) is 10.0 Å². The molecule has 1 aromatic rings. The molecule has 1 saturated heterocycles. The fourth-order valence-electron chi connectivity index (χ4n) is 4.00. The Balaban J connectivity index is 1.49. The van der Waals surface area contributed by atoms with Gasteiger partial charge < -0.3 is 4.74 Å². The van der Waals surface area contributed by atoms with Crippen molar-refractivity contribution in [1.82, 2.24) is 10.0 Å². The molecule has 2 aliphatic rings. The molecule has 1 aromatic carbocycles. The maximum Gasteiger partial charge on any atom is 0.229 e. The van der Waals surface area contributed by atoms with Crippen LogP contribution in [0.3, 0.4) is 0 Å². The number of hydrogen-bond acceptors (Lipinski definition) is 5. The van der Waals surface area contributed by atoms with Gasteiger partial charge >= 0.3 is 0 Å². The van der Waals surface area contributed by atoms with E-state index in [1.165, 1.54) is 6.07 Å². The van der Waals surface area contributed by atoms with Crippen LogP contribution in [-0.2, 0) is 25.2 Å². The maximum atomic E-state index is 14.2. The number of rotatable bonds is 11. The lowest BCUT2D eigenvalue weighted by Crippen LogP contribution is -2.40. The minimum atomic E-state index is -3.52. The second-order valence-electron chi connectivity index (χ2n) is 10.5. The van der Waals surface area contributed by atoms with E-state index in [4.69, 9.17) is 4.74 Å². The number of piperidine rings is 1. The second-order valence-corrected chi connectivity index (χ2v) is 12.3. The summed E-state index contributed by atoms with van der Waals surface area (Å²) in [6.07, 6.45) is 4.81. The van der Waals surface area contributed by atoms with Crippen molar-refractivity contribution in [2.45, 2.75) is 77.7 Å². The third kappa shape index (κ3) is 7.50. The van der Waals surface area contributed by atoms with Crippen LogP contribution >= 0.6 is 0 Å². The summed E-state index contributed by atoms with van der Waals surface area (Å²) in [6, 6.07) is 4.56. The molecule has 0 aromatic heterocycles.